The van der Waals surface area contributed by atoms with Gasteiger partial charge in [-0.2, -0.15) is 30.6 Å². The van der Waals surface area contributed by atoms with Gasteiger partial charge in [0, 0.05) is 26.2 Å². The Labute approximate surface area is 140 Å². The molecule has 1 aliphatic heterocycles. The van der Waals surface area contributed by atoms with E-state index in [9.17, 15) is 34.8 Å². The number of alkyl halides is 6. The van der Waals surface area contributed by atoms with Crippen molar-refractivity contribution in [1.82, 2.24) is 9.62 Å². The minimum absolute atomic E-state index is 0. The van der Waals surface area contributed by atoms with Crippen molar-refractivity contribution < 1.29 is 34.8 Å². The molecule has 4 nitrogen and oxygen atoms in total. The van der Waals surface area contributed by atoms with E-state index >= 15 is 0 Å². The molecule has 1 aromatic carbocycles. The van der Waals surface area contributed by atoms with E-state index in [0.717, 1.165) is 4.31 Å². The first-order valence-electron chi connectivity index (χ1n) is 6.43. The second kappa shape index (κ2) is 7.06. The Morgan fingerprint density at radius 1 is 0.875 bits per heavy atom. The number of nitrogens with one attached hydrogen (secondary N) is 1. The van der Waals surface area contributed by atoms with Crippen molar-refractivity contribution in [2.75, 3.05) is 26.2 Å². The summed E-state index contributed by atoms with van der Waals surface area (Å²) in [6, 6.07) is 0.357. The van der Waals surface area contributed by atoms with E-state index in [1.165, 1.54) is 0 Å². The fraction of sp³-hybridized carbons (Fsp3) is 0.500. The topological polar surface area (TPSA) is 49.4 Å². The van der Waals surface area contributed by atoms with E-state index in [2.05, 4.69) is 5.32 Å². The van der Waals surface area contributed by atoms with Crippen LogP contribution in [-0.2, 0) is 22.4 Å². The van der Waals surface area contributed by atoms with Crippen LogP contribution in [-0.4, -0.2) is 38.9 Å². The molecule has 2 rings (SSSR count). The number of hydrogen-bond acceptors (Lipinski definition) is 3. The van der Waals surface area contributed by atoms with E-state index in [0.29, 0.717) is 0 Å². The Balaban J connectivity index is 0.00000288. The highest BCUT2D eigenvalue weighted by Crippen LogP contribution is 2.37. The third-order valence-electron chi connectivity index (χ3n) is 3.27. The van der Waals surface area contributed by atoms with Gasteiger partial charge in [0.1, 0.15) is 0 Å². The number of benzene rings is 1. The van der Waals surface area contributed by atoms with E-state index < -0.39 is 38.4 Å². The highest BCUT2D eigenvalue weighted by molar-refractivity contribution is 7.89. The molecule has 0 spiro atoms. The minimum atomic E-state index is -5.09. The van der Waals surface area contributed by atoms with Gasteiger partial charge in [-0.05, 0) is 18.2 Å². The molecule has 1 aliphatic rings. The smallest absolute Gasteiger partial charge is 0.314 e. The molecule has 0 amide bonds. The molecular formula is C12H13ClF6N2O2S. The fourth-order valence-electron chi connectivity index (χ4n) is 2.11. The summed E-state index contributed by atoms with van der Waals surface area (Å²) < 4.78 is 102. The third-order valence-corrected chi connectivity index (χ3v) is 5.15. The van der Waals surface area contributed by atoms with Crippen LogP contribution >= 0.6 is 12.4 Å². The lowest BCUT2D eigenvalue weighted by Crippen LogP contribution is -2.46. The Morgan fingerprint density at radius 3 is 1.67 bits per heavy atom. The van der Waals surface area contributed by atoms with E-state index in [4.69, 9.17) is 0 Å². The zero-order chi connectivity index (χ0) is 17.5. The predicted molar refractivity (Wildman–Crippen MR) is 75.3 cm³/mol. The van der Waals surface area contributed by atoms with Gasteiger partial charge in [-0.15, -0.1) is 12.4 Å². The second-order valence-corrected chi connectivity index (χ2v) is 6.83. The molecule has 0 aliphatic carbocycles. The van der Waals surface area contributed by atoms with Crippen molar-refractivity contribution in [3.05, 3.63) is 29.3 Å². The molecule has 0 aromatic heterocycles. The molecule has 1 heterocycles. The molecular weight excluding hydrogens is 386 g/mol. The number of halogens is 7. The summed E-state index contributed by atoms with van der Waals surface area (Å²) in [5.41, 5.74) is -3.30. The Kier molecular flexibility index (Phi) is 6.18. The van der Waals surface area contributed by atoms with Gasteiger partial charge >= 0.3 is 12.4 Å². The third kappa shape index (κ3) is 4.52. The molecule has 1 saturated heterocycles. The number of rotatable bonds is 2. The van der Waals surface area contributed by atoms with Crippen LogP contribution in [0.25, 0.3) is 0 Å². The molecule has 0 bridgehead atoms. The molecule has 24 heavy (non-hydrogen) atoms. The Bertz CT molecular complexity index is 652. The van der Waals surface area contributed by atoms with Crippen LogP contribution in [0.1, 0.15) is 11.1 Å². The van der Waals surface area contributed by atoms with Gasteiger partial charge < -0.3 is 5.32 Å². The van der Waals surface area contributed by atoms with Gasteiger partial charge in [0.05, 0.1) is 16.0 Å². The van der Waals surface area contributed by atoms with E-state index in [-0.39, 0.29) is 56.8 Å². The van der Waals surface area contributed by atoms with Crippen LogP contribution in [0.5, 0.6) is 0 Å². The van der Waals surface area contributed by atoms with Crippen LogP contribution in [0, 0.1) is 0 Å². The summed E-state index contributed by atoms with van der Waals surface area (Å²) in [5.74, 6) is 0. The lowest BCUT2D eigenvalue weighted by Gasteiger charge is -2.27. The lowest BCUT2D eigenvalue weighted by molar-refractivity contribution is -0.143. The Morgan fingerprint density at radius 2 is 1.29 bits per heavy atom. The fourth-order valence-corrected chi connectivity index (χ4v) is 3.62. The molecule has 1 fully saturated rings. The highest BCUT2D eigenvalue weighted by Gasteiger charge is 2.39. The lowest BCUT2D eigenvalue weighted by atomic mass is 10.1. The molecule has 0 saturated carbocycles. The monoisotopic (exact) mass is 398 g/mol. The zero-order valence-corrected chi connectivity index (χ0v) is 13.5. The first-order chi connectivity index (χ1) is 10.4. The summed E-state index contributed by atoms with van der Waals surface area (Å²) in [5, 5.41) is 2.84. The quantitative estimate of drug-likeness (QED) is 0.779. The summed E-state index contributed by atoms with van der Waals surface area (Å²) in [4.78, 5) is -1.01. The van der Waals surface area contributed by atoms with Crippen LogP contribution in [0.15, 0.2) is 23.1 Å². The molecule has 12 heteroatoms. The highest BCUT2D eigenvalue weighted by atomic mass is 35.5. The average Bonchev–Trinajstić information content (AvgIpc) is 2.46. The maximum absolute atomic E-state index is 12.8. The van der Waals surface area contributed by atoms with Crippen LogP contribution in [0.4, 0.5) is 26.3 Å². The second-order valence-electron chi connectivity index (χ2n) is 4.90. The van der Waals surface area contributed by atoms with Gasteiger partial charge in [-0.1, -0.05) is 0 Å². The first-order valence-corrected chi connectivity index (χ1v) is 7.87. The molecule has 0 unspecified atom stereocenters. The molecule has 1 N–H and O–H groups in total. The zero-order valence-electron chi connectivity index (χ0n) is 11.9. The minimum Gasteiger partial charge on any atom is -0.314 e. The summed E-state index contributed by atoms with van der Waals surface area (Å²) in [6.07, 6.45) is -10.2. The van der Waals surface area contributed by atoms with Crippen molar-refractivity contribution >= 4 is 22.4 Å². The summed E-state index contributed by atoms with van der Waals surface area (Å²) in [7, 11) is -4.43. The molecule has 1 aromatic rings. The van der Waals surface area contributed by atoms with Gasteiger partial charge in [0.25, 0.3) is 0 Å². The maximum Gasteiger partial charge on any atom is 0.416 e. The van der Waals surface area contributed by atoms with Crippen molar-refractivity contribution in [3.8, 4) is 0 Å². The van der Waals surface area contributed by atoms with Crippen LogP contribution in [0.3, 0.4) is 0 Å². The summed E-state index contributed by atoms with van der Waals surface area (Å²) >= 11 is 0. The molecule has 138 valence electrons. The number of hydrogen-bond donors (Lipinski definition) is 1. The average molecular weight is 399 g/mol. The van der Waals surface area contributed by atoms with Gasteiger partial charge in [-0.3, -0.25) is 0 Å². The molecule has 0 radical (unpaired) electrons. The van der Waals surface area contributed by atoms with Gasteiger partial charge in [-0.25, -0.2) is 8.42 Å². The first kappa shape index (κ1) is 21.0. The largest absolute Gasteiger partial charge is 0.416 e. The van der Waals surface area contributed by atoms with Crippen molar-refractivity contribution in [2.45, 2.75) is 17.2 Å². The van der Waals surface area contributed by atoms with Crippen molar-refractivity contribution in [3.63, 3.8) is 0 Å². The van der Waals surface area contributed by atoms with E-state index in [1.54, 1.807) is 0 Å². The van der Waals surface area contributed by atoms with Crippen molar-refractivity contribution in [1.29, 1.82) is 0 Å². The standard InChI is InChI=1S/C12H12F6N2O2S.ClH/c13-11(14,15)8-5-9(12(16,17)18)7-10(6-8)23(21,22)20-3-1-19-2-4-20;/h5-7,19H,1-4H2;1H. The SMILES string of the molecule is Cl.O=S(=O)(c1cc(C(F)(F)F)cc(C(F)(F)F)c1)N1CCNCC1. The van der Waals surface area contributed by atoms with Gasteiger partial charge in [0.15, 0.2) is 0 Å². The van der Waals surface area contributed by atoms with Crippen LogP contribution in [0.2, 0.25) is 0 Å². The predicted octanol–water partition coefficient (Wildman–Crippen LogP) is 2.74. The Hall–Kier alpha value is -1.04. The van der Waals surface area contributed by atoms with E-state index in [1.807, 2.05) is 0 Å². The number of nitrogens with zero attached hydrogens (tertiary/aromatic N) is 1. The van der Waals surface area contributed by atoms with Crippen LogP contribution < -0.4 is 5.32 Å². The van der Waals surface area contributed by atoms with Gasteiger partial charge in [0.2, 0.25) is 10.0 Å². The maximum atomic E-state index is 12.8. The summed E-state index contributed by atoms with van der Waals surface area (Å²) in [6.45, 7) is 0.481. The van der Waals surface area contributed by atoms with Crippen molar-refractivity contribution in [2.24, 2.45) is 0 Å². The normalized spacial score (nSPS) is 17.4. The number of piperazine rings is 1. The number of sulfonamides is 1. The molecule has 0 atom stereocenters.